The van der Waals surface area contributed by atoms with E-state index in [1.54, 1.807) is 55.6 Å². The van der Waals surface area contributed by atoms with Crippen molar-refractivity contribution in [2.24, 2.45) is 5.73 Å². The van der Waals surface area contributed by atoms with Gasteiger partial charge in [0.2, 0.25) is 11.8 Å². The number of rotatable bonds is 9. The molecule has 0 spiro atoms. The molecule has 1 atom stereocenters. The van der Waals surface area contributed by atoms with Crippen LogP contribution in [-0.4, -0.2) is 38.7 Å². The van der Waals surface area contributed by atoms with Gasteiger partial charge in [0.05, 0.1) is 13.7 Å². The van der Waals surface area contributed by atoms with Crippen LogP contribution in [-0.2, 0) is 9.59 Å². The van der Waals surface area contributed by atoms with E-state index in [0.717, 1.165) is 11.8 Å². The molecule has 0 fully saturated rings. The van der Waals surface area contributed by atoms with Crippen molar-refractivity contribution in [2.45, 2.75) is 6.04 Å². The minimum atomic E-state index is -0.761. The van der Waals surface area contributed by atoms with Gasteiger partial charge in [0.25, 0.3) is 0 Å². The molecule has 0 saturated heterocycles. The van der Waals surface area contributed by atoms with Crippen LogP contribution < -0.4 is 26.4 Å². The van der Waals surface area contributed by atoms with Crippen molar-refractivity contribution in [2.75, 3.05) is 26.0 Å². The highest BCUT2D eigenvalue weighted by Crippen LogP contribution is 2.22. The Kier molecular flexibility index (Phi) is 7.93. The smallest absolute Gasteiger partial charge is 0.246 e. The van der Waals surface area contributed by atoms with E-state index in [1.165, 1.54) is 13.2 Å². The second kappa shape index (κ2) is 10.6. The van der Waals surface area contributed by atoms with Crippen LogP contribution in [0.25, 0.3) is 5.57 Å². The van der Waals surface area contributed by atoms with Gasteiger partial charge in [0.1, 0.15) is 11.8 Å². The highest BCUT2D eigenvalue weighted by atomic mass is 16.5. The van der Waals surface area contributed by atoms with Crippen LogP contribution in [0.2, 0.25) is 0 Å². The van der Waals surface area contributed by atoms with Gasteiger partial charge in [-0.15, -0.1) is 0 Å². The first kappa shape index (κ1) is 21.6. The highest BCUT2D eigenvalue weighted by Gasteiger charge is 2.22. The van der Waals surface area contributed by atoms with Gasteiger partial charge in [-0.05, 0) is 35.4 Å². The van der Waals surface area contributed by atoms with Crippen LogP contribution in [0.1, 0.15) is 17.2 Å². The van der Waals surface area contributed by atoms with E-state index in [0.29, 0.717) is 22.6 Å². The largest absolute Gasteiger partial charge is 0.497 e. The van der Waals surface area contributed by atoms with E-state index >= 15 is 0 Å². The van der Waals surface area contributed by atoms with E-state index < -0.39 is 6.04 Å². The molecule has 2 aromatic rings. The summed E-state index contributed by atoms with van der Waals surface area (Å²) in [6.45, 7) is -0.0191. The van der Waals surface area contributed by atoms with Crippen LogP contribution in [0.3, 0.4) is 0 Å². The molecule has 29 heavy (non-hydrogen) atoms. The molecule has 0 aromatic heterocycles. The van der Waals surface area contributed by atoms with Gasteiger partial charge >= 0.3 is 0 Å². The minimum absolute atomic E-state index is 0.0191. The lowest BCUT2D eigenvalue weighted by molar-refractivity contribution is -0.120. The minimum Gasteiger partial charge on any atom is -0.497 e. The Morgan fingerprint density at radius 1 is 1.21 bits per heavy atom. The van der Waals surface area contributed by atoms with Crippen molar-refractivity contribution in [1.29, 1.82) is 5.41 Å². The van der Waals surface area contributed by atoms with E-state index in [9.17, 15) is 9.59 Å². The maximum atomic E-state index is 12.9. The summed E-state index contributed by atoms with van der Waals surface area (Å²) in [6.07, 6.45) is 2.51. The third-order valence-electron chi connectivity index (χ3n) is 4.26. The van der Waals surface area contributed by atoms with Gasteiger partial charge < -0.3 is 26.5 Å². The summed E-state index contributed by atoms with van der Waals surface area (Å²) >= 11 is 0. The topological polar surface area (TPSA) is 129 Å². The fourth-order valence-electron chi connectivity index (χ4n) is 2.65. The second-order valence-corrected chi connectivity index (χ2v) is 6.10. The summed E-state index contributed by atoms with van der Waals surface area (Å²) < 4.78 is 5.23. The summed E-state index contributed by atoms with van der Waals surface area (Å²) in [5.74, 6) is 0.0542. The Morgan fingerprint density at radius 2 is 1.93 bits per heavy atom. The summed E-state index contributed by atoms with van der Waals surface area (Å²) in [4.78, 5) is 24.6. The average Bonchev–Trinajstić information content (AvgIpc) is 2.75. The van der Waals surface area contributed by atoms with Gasteiger partial charge in [-0.25, -0.2) is 0 Å². The average molecular weight is 395 g/mol. The Balaban J connectivity index is 2.22. The van der Waals surface area contributed by atoms with Crippen LogP contribution in [0.4, 0.5) is 5.69 Å². The van der Waals surface area contributed by atoms with E-state index in [4.69, 9.17) is 15.9 Å². The number of carbonyl (C=O) groups excluding carboxylic acids is 2. The number of ether oxygens (including phenoxy) is 1. The van der Waals surface area contributed by atoms with Crippen molar-refractivity contribution in [3.8, 4) is 5.75 Å². The Morgan fingerprint density at radius 3 is 2.52 bits per heavy atom. The fraction of sp³-hybridized carbons (Fsp3) is 0.190. The molecular weight excluding hydrogens is 370 g/mol. The Hall–Kier alpha value is -3.65. The molecule has 0 saturated carbocycles. The van der Waals surface area contributed by atoms with Gasteiger partial charge in [0.15, 0.2) is 0 Å². The Bertz CT molecular complexity index is 893. The van der Waals surface area contributed by atoms with Gasteiger partial charge in [-0.2, -0.15) is 0 Å². The molecular formula is C21H25N5O3. The molecule has 2 aromatic carbocycles. The third-order valence-corrected chi connectivity index (χ3v) is 4.26. The zero-order valence-electron chi connectivity index (χ0n) is 16.4. The SMILES string of the molecule is CNC(=O)CNC(C(=O)Nc1ccc(/C(C=N)=C/N)cc1)c1cccc(OC)c1. The van der Waals surface area contributed by atoms with E-state index in [1.807, 2.05) is 0 Å². The number of hydrogen-bond donors (Lipinski definition) is 5. The number of carbonyl (C=O) groups is 2. The highest BCUT2D eigenvalue weighted by molar-refractivity contribution is 6.08. The number of hydrogen-bond acceptors (Lipinski definition) is 6. The number of nitrogens with two attached hydrogens (primary N) is 1. The summed E-state index contributed by atoms with van der Waals surface area (Å²) in [6, 6.07) is 13.3. The van der Waals surface area contributed by atoms with E-state index in [2.05, 4.69) is 16.0 Å². The quantitative estimate of drug-likeness (QED) is 0.412. The first-order valence-electron chi connectivity index (χ1n) is 8.94. The number of benzene rings is 2. The number of nitrogens with one attached hydrogen (secondary N) is 4. The molecule has 2 rings (SSSR count). The summed E-state index contributed by atoms with van der Waals surface area (Å²) in [5.41, 5.74) is 8.08. The standard InChI is InChI=1S/C21H25N5O3/c1-24-19(27)13-25-20(15-4-3-5-18(10-15)29-2)21(28)26-17-8-6-14(7-9-17)16(11-22)12-23/h3-12,20,22,25H,13,23H2,1-2H3,(H,24,27)(H,26,28)/b16-12+,22-11?. The lowest BCUT2D eigenvalue weighted by Gasteiger charge is -2.19. The Labute approximate surface area is 169 Å². The summed E-state index contributed by atoms with van der Waals surface area (Å²) in [5, 5.41) is 15.7. The molecule has 0 radical (unpaired) electrons. The molecule has 8 heteroatoms. The fourth-order valence-corrected chi connectivity index (χ4v) is 2.65. The van der Waals surface area contributed by atoms with Crippen LogP contribution >= 0.6 is 0 Å². The van der Waals surface area contributed by atoms with Crippen molar-refractivity contribution in [1.82, 2.24) is 10.6 Å². The molecule has 1 unspecified atom stereocenters. The monoisotopic (exact) mass is 395 g/mol. The van der Waals surface area contributed by atoms with Crippen molar-refractivity contribution in [3.05, 3.63) is 65.9 Å². The molecule has 0 aliphatic carbocycles. The third kappa shape index (κ3) is 5.91. The zero-order chi connectivity index (χ0) is 21.2. The normalized spacial score (nSPS) is 12.0. The van der Waals surface area contributed by atoms with Crippen LogP contribution in [0.15, 0.2) is 54.7 Å². The van der Waals surface area contributed by atoms with Crippen LogP contribution in [0.5, 0.6) is 5.75 Å². The molecule has 2 amide bonds. The number of likely N-dealkylation sites (N-methyl/N-ethyl adjacent to an activating group) is 1. The molecule has 152 valence electrons. The number of allylic oxidation sites excluding steroid dienone is 1. The predicted molar refractivity (Wildman–Crippen MR) is 114 cm³/mol. The first-order chi connectivity index (χ1) is 14.0. The number of anilines is 1. The predicted octanol–water partition coefficient (Wildman–Crippen LogP) is 1.66. The second-order valence-electron chi connectivity index (χ2n) is 6.10. The molecule has 6 N–H and O–H groups in total. The van der Waals surface area contributed by atoms with E-state index in [-0.39, 0.29) is 18.4 Å². The van der Waals surface area contributed by atoms with Crippen molar-refractivity contribution < 1.29 is 14.3 Å². The molecule has 8 nitrogen and oxygen atoms in total. The lowest BCUT2D eigenvalue weighted by Crippen LogP contribution is -2.39. The van der Waals surface area contributed by atoms with Crippen molar-refractivity contribution >= 4 is 29.3 Å². The molecule has 0 bridgehead atoms. The maximum Gasteiger partial charge on any atom is 0.246 e. The van der Waals surface area contributed by atoms with Crippen molar-refractivity contribution in [3.63, 3.8) is 0 Å². The molecule has 0 aliphatic rings. The number of amides is 2. The lowest BCUT2D eigenvalue weighted by atomic mass is 10.0. The van der Waals surface area contributed by atoms with Crippen LogP contribution in [0, 0.1) is 5.41 Å². The van der Waals surface area contributed by atoms with Gasteiger partial charge in [-0.3, -0.25) is 14.9 Å². The number of methoxy groups -OCH3 is 1. The van der Waals surface area contributed by atoms with Gasteiger partial charge in [-0.1, -0.05) is 24.3 Å². The maximum absolute atomic E-state index is 12.9. The molecule has 0 aliphatic heterocycles. The van der Waals surface area contributed by atoms with Gasteiger partial charge in [0, 0.05) is 30.7 Å². The molecule has 0 heterocycles. The summed E-state index contributed by atoms with van der Waals surface area (Å²) in [7, 11) is 3.08. The first-order valence-corrected chi connectivity index (χ1v) is 8.94. The zero-order valence-corrected chi connectivity index (χ0v) is 16.4.